The summed E-state index contributed by atoms with van der Waals surface area (Å²) in [5.41, 5.74) is 5.18. The van der Waals surface area contributed by atoms with Crippen LogP contribution in [0.25, 0.3) is 16.9 Å². The third-order valence-electron chi connectivity index (χ3n) is 5.67. The summed E-state index contributed by atoms with van der Waals surface area (Å²) in [7, 11) is 3.25. The molecule has 31 heavy (non-hydrogen) atoms. The number of imidazole rings is 1. The fourth-order valence-corrected chi connectivity index (χ4v) is 4.03. The number of para-hydroxylation sites is 1. The first-order valence-corrected chi connectivity index (χ1v) is 10.1. The van der Waals surface area contributed by atoms with Crippen LogP contribution in [-0.2, 0) is 13.0 Å². The summed E-state index contributed by atoms with van der Waals surface area (Å²) in [6, 6.07) is 15.7. The quantitative estimate of drug-likeness (QED) is 0.510. The van der Waals surface area contributed by atoms with E-state index in [2.05, 4.69) is 9.97 Å². The maximum absolute atomic E-state index is 13.2. The van der Waals surface area contributed by atoms with E-state index < -0.39 is 0 Å². The molecule has 0 aliphatic carbocycles. The maximum atomic E-state index is 13.2. The van der Waals surface area contributed by atoms with Gasteiger partial charge in [-0.1, -0.05) is 18.2 Å². The average Bonchev–Trinajstić information content (AvgIpc) is 3.26. The molecular weight excluding hydrogens is 392 g/mol. The molecule has 2 aromatic heterocycles. The van der Waals surface area contributed by atoms with Gasteiger partial charge in [0.05, 0.1) is 19.8 Å². The summed E-state index contributed by atoms with van der Waals surface area (Å²) in [6.07, 6.45) is 4.13. The van der Waals surface area contributed by atoms with E-state index in [1.807, 2.05) is 58.0 Å². The molecular formula is C24H22N4O3. The predicted octanol–water partition coefficient (Wildman–Crippen LogP) is 3.64. The molecule has 5 rings (SSSR count). The molecule has 0 N–H and O–H groups in total. The van der Waals surface area contributed by atoms with Crippen molar-refractivity contribution in [2.24, 2.45) is 0 Å². The Morgan fingerprint density at radius 1 is 0.968 bits per heavy atom. The molecule has 1 amide bonds. The Bertz CT molecular complexity index is 1270. The van der Waals surface area contributed by atoms with Gasteiger partial charge in [-0.2, -0.15) is 0 Å². The largest absolute Gasteiger partial charge is 0.493 e. The molecule has 0 saturated heterocycles. The Morgan fingerprint density at radius 2 is 1.71 bits per heavy atom. The number of ether oxygens (including phenoxy) is 2. The number of rotatable bonds is 4. The number of fused-ring (bicyclic) bond motifs is 2. The Kier molecular flexibility index (Phi) is 4.78. The summed E-state index contributed by atoms with van der Waals surface area (Å²) < 4.78 is 12.7. The molecule has 0 unspecified atom stereocenters. The number of methoxy groups -OCH3 is 2. The third kappa shape index (κ3) is 3.38. The van der Waals surface area contributed by atoms with Crippen LogP contribution < -0.4 is 9.47 Å². The molecule has 0 saturated carbocycles. The van der Waals surface area contributed by atoms with Gasteiger partial charge in [0.15, 0.2) is 17.1 Å². The molecule has 0 spiro atoms. The van der Waals surface area contributed by atoms with Gasteiger partial charge in [0.2, 0.25) is 0 Å². The smallest absolute Gasteiger partial charge is 0.255 e. The number of amides is 1. The lowest BCUT2D eigenvalue weighted by Crippen LogP contribution is -2.36. The Balaban J connectivity index is 1.42. The highest BCUT2D eigenvalue weighted by Gasteiger charge is 2.24. The summed E-state index contributed by atoms with van der Waals surface area (Å²) in [5, 5.41) is 0. The lowest BCUT2D eigenvalue weighted by Gasteiger charge is -2.29. The highest BCUT2D eigenvalue weighted by Crippen LogP contribution is 2.33. The van der Waals surface area contributed by atoms with Gasteiger partial charge >= 0.3 is 0 Å². The van der Waals surface area contributed by atoms with E-state index in [9.17, 15) is 4.79 Å². The summed E-state index contributed by atoms with van der Waals surface area (Å²) in [5.74, 6) is 1.33. The summed E-state index contributed by atoms with van der Waals surface area (Å²) in [4.78, 5) is 24.0. The van der Waals surface area contributed by atoms with Crippen LogP contribution in [0.2, 0.25) is 0 Å². The van der Waals surface area contributed by atoms with Gasteiger partial charge in [-0.05, 0) is 47.9 Å². The Hall–Kier alpha value is -3.87. The van der Waals surface area contributed by atoms with E-state index in [0.29, 0.717) is 35.7 Å². The lowest BCUT2D eigenvalue weighted by molar-refractivity contribution is 0.0734. The van der Waals surface area contributed by atoms with Crippen molar-refractivity contribution in [2.75, 3.05) is 20.8 Å². The number of hydrogen-bond donors (Lipinski definition) is 0. The normalized spacial score (nSPS) is 13.2. The number of nitrogens with zero attached hydrogens (tertiary/aromatic N) is 4. The Morgan fingerprint density at radius 3 is 2.45 bits per heavy atom. The molecule has 7 heteroatoms. The number of pyridine rings is 1. The second kappa shape index (κ2) is 7.75. The average molecular weight is 414 g/mol. The third-order valence-corrected chi connectivity index (χ3v) is 5.67. The molecule has 3 heterocycles. The van der Waals surface area contributed by atoms with Crippen LogP contribution in [-0.4, -0.2) is 46.1 Å². The second-order valence-corrected chi connectivity index (χ2v) is 7.47. The minimum Gasteiger partial charge on any atom is -0.493 e. The van der Waals surface area contributed by atoms with Crippen LogP contribution in [0.15, 0.2) is 61.1 Å². The second-order valence-electron chi connectivity index (χ2n) is 7.47. The first kappa shape index (κ1) is 19.1. The first-order valence-electron chi connectivity index (χ1n) is 10.1. The predicted molar refractivity (Wildman–Crippen MR) is 117 cm³/mol. The maximum Gasteiger partial charge on any atom is 0.255 e. The Labute approximate surface area is 179 Å². The van der Waals surface area contributed by atoms with Gasteiger partial charge in [0.25, 0.3) is 5.91 Å². The fraction of sp³-hybridized carbons (Fsp3) is 0.208. The van der Waals surface area contributed by atoms with Crippen LogP contribution >= 0.6 is 0 Å². The van der Waals surface area contributed by atoms with Gasteiger partial charge < -0.3 is 14.4 Å². The molecule has 1 aliphatic heterocycles. The van der Waals surface area contributed by atoms with E-state index in [1.165, 1.54) is 5.56 Å². The number of aromatic nitrogens is 3. The van der Waals surface area contributed by atoms with Crippen molar-refractivity contribution in [3.63, 3.8) is 0 Å². The van der Waals surface area contributed by atoms with Crippen LogP contribution in [0.3, 0.4) is 0 Å². The zero-order valence-corrected chi connectivity index (χ0v) is 17.4. The molecule has 4 aromatic rings. The van der Waals surface area contributed by atoms with Gasteiger partial charge in [-0.15, -0.1) is 0 Å². The number of hydrogen-bond acceptors (Lipinski definition) is 5. The molecule has 156 valence electrons. The van der Waals surface area contributed by atoms with E-state index in [4.69, 9.17) is 9.47 Å². The van der Waals surface area contributed by atoms with Crippen LogP contribution in [0, 0.1) is 0 Å². The minimum atomic E-state index is -0.0518. The van der Waals surface area contributed by atoms with E-state index in [1.54, 1.807) is 26.7 Å². The highest BCUT2D eigenvalue weighted by molar-refractivity contribution is 5.96. The van der Waals surface area contributed by atoms with Gasteiger partial charge in [-0.3, -0.25) is 9.36 Å². The van der Waals surface area contributed by atoms with Crippen LogP contribution in [0.1, 0.15) is 21.5 Å². The summed E-state index contributed by atoms with van der Waals surface area (Å²) >= 11 is 0. The first-order chi connectivity index (χ1) is 15.2. The molecule has 0 fully saturated rings. The molecule has 0 bridgehead atoms. The number of benzene rings is 2. The van der Waals surface area contributed by atoms with Crippen molar-refractivity contribution in [3.8, 4) is 17.2 Å². The van der Waals surface area contributed by atoms with E-state index in [0.717, 1.165) is 23.3 Å². The highest BCUT2D eigenvalue weighted by atomic mass is 16.5. The standard InChI is InChI=1S/C24H22N4O3/c1-30-21-11-16-8-9-27(14-18(16)12-22(21)31-2)24(29)17-10-20-23(25-13-17)28(15-26-20)19-6-4-3-5-7-19/h3-7,10-13,15H,8-9,14H2,1-2H3. The van der Waals surface area contributed by atoms with Crippen LogP contribution in [0.5, 0.6) is 11.5 Å². The fourth-order valence-electron chi connectivity index (χ4n) is 4.03. The van der Waals surface area contributed by atoms with Crippen molar-refractivity contribution in [1.29, 1.82) is 0 Å². The molecule has 0 atom stereocenters. The van der Waals surface area contributed by atoms with E-state index in [-0.39, 0.29) is 5.91 Å². The van der Waals surface area contributed by atoms with Gasteiger partial charge in [0.1, 0.15) is 11.8 Å². The SMILES string of the molecule is COc1cc2c(cc1OC)CN(C(=O)c1cnc3c(c1)ncn3-c1ccccc1)CC2. The van der Waals surface area contributed by atoms with Crippen molar-refractivity contribution in [1.82, 2.24) is 19.4 Å². The topological polar surface area (TPSA) is 69.5 Å². The van der Waals surface area contributed by atoms with Crippen LogP contribution in [0.4, 0.5) is 0 Å². The van der Waals surface area contributed by atoms with Crippen molar-refractivity contribution >= 4 is 17.1 Å². The molecule has 2 aromatic carbocycles. The minimum absolute atomic E-state index is 0.0518. The lowest BCUT2D eigenvalue weighted by atomic mass is 9.98. The number of carbonyl (C=O) groups is 1. The van der Waals surface area contributed by atoms with Crippen molar-refractivity contribution in [2.45, 2.75) is 13.0 Å². The monoisotopic (exact) mass is 414 g/mol. The van der Waals surface area contributed by atoms with Crippen molar-refractivity contribution in [3.05, 3.63) is 77.7 Å². The van der Waals surface area contributed by atoms with E-state index >= 15 is 0 Å². The molecule has 0 radical (unpaired) electrons. The van der Waals surface area contributed by atoms with Gasteiger partial charge in [0, 0.05) is 25.0 Å². The zero-order chi connectivity index (χ0) is 21.4. The molecule has 7 nitrogen and oxygen atoms in total. The van der Waals surface area contributed by atoms with Crippen molar-refractivity contribution < 1.29 is 14.3 Å². The van der Waals surface area contributed by atoms with Gasteiger partial charge in [-0.25, -0.2) is 9.97 Å². The number of carbonyl (C=O) groups excluding carboxylic acids is 1. The zero-order valence-electron chi connectivity index (χ0n) is 17.4. The summed E-state index contributed by atoms with van der Waals surface area (Å²) in [6.45, 7) is 1.16. The molecule has 1 aliphatic rings.